The largest absolute Gasteiger partial charge is 0.366 e. The molecule has 0 bridgehead atoms. The summed E-state index contributed by atoms with van der Waals surface area (Å²) in [5, 5.41) is 12.1. The third-order valence-electron chi connectivity index (χ3n) is 4.36. The van der Waals surface area contributed by atoms with Crippen LogP contribution in [0.4, 0.5) is 5.82 Å². The predicted octanol–water partition coefficient (Wildman–Crippen LogP) is 2.31. The quantitative estimate of drug-likeness (QED) is 0.916. The van der Waals surface area contributed by atoms with E-state index < -0.39 is 0 Å². The topological polar surface area (TPSA) is 55.2 Å². The fraction of sp³-hybridized carbons (Fsp3) is 0.368. The van der Waals surface area contributed by atoms with E-state index in [0.717, 1.165) is 38.5 Å². The highest BCUT2D eigenvalue weighted by atomic mass is 15.2. The van der Waals surface area contributed by atoms with E-state index in [-0.39, 0.29) is 0 Å². The van der Waals surface area contributed by atoms with Gasteiger partial charge in [-0.3, -0.25) is 4.90 Å². The van der Waals surface area contributed by atoms with Gasteiger partial charge >= 0.3 is 0 Å². The van der Waals surface area contributed by atoms with Crippen molar-refractivity contribution in [2.45, 2.75) is 13.1 Å². The van der Waals surface area contributed by atoms with Crippen LogP contribution < -0.4 is 5.32 Å². The lowest BCUT2D eigenvalue weighted by Crippen LogP contribution is -2.43. The van der Waals surface area contributed by atoms with E-state index in [2.05, 4.69) is 57.5 Å². The number of pyridine rings is 1. The Morgan fingerprint density at radius 2 is 1.75 bits per heavy atom. The van der Waals surface area contributed by atoms with Gasteiger partial charge in [-0.05, 0) is 30.3 Å². The zero-order chi connectivity index (χ0) is 16.8. The highest BCUT2D eigenvalue weighted by Gasteiger charge is 2.13. The van der Waals surface area contributed by atoms with Crippen molar-refractivity contribution in [2.24, 2.45) is 0 Å². The summed E-state index contributed by atoms with van der Waals surface area (Å²) in [6, 6.07) is 16.2. The van der Waals surface area contributed by atoms with E-state index in [4.69, 9.17) is 5.26 Å². The maximum atomic E-state index is 8.88. The highest BCUT2D eigenvalue weighted by Crippen LogP contribution is 2.11. The predicted molar refractivity (Wildman–Crippen MR) is 95.5 cm³/mol. The molecular formula is C19H23N5. The number of nitriles is 1. The van der Waals surface area contributed by atoms with Gasteiger partial charge in [-0.1, -0.05) is 30.3 Å². The average Bonchev–Trinajstić information content (AvgIpc) is 2.63. The Labute approximate surface area is 143 Å². The molecule has 1 aliphatic rings. The maximum absolute atomic E-state index is 8.88. The Hall–Kier alpha value is -2.42. The average molecular weight is 321 g/mol. The molecule has 0 unspecified atom stereocenters. The normalized spacial score (nSPS) is 15.8. The molecule has 1 aromatic carbocycles. The van der Waals surface area contributed by atoms with Crippen LogP contribution in [0.2, 0.25) is 0 Å². The second-order valence-corrected chi connectivity index (χ2v) is 6.27. The number of rotatable bonds is 5. The van der Waals surface area contributed by atoms with E-state index in [9.17, 15) is 0 Å². The molecule has 5 nitrogen and oxygen atoms in total. The van der Waals surface area contributed by atoms with E-state index in [1.54, 1.807) is 6.07 Å². The highest BCUT2D eigenvalue weighted by molar-refractivity contribution is 5.39. The number of aromatic nitrogens is 1. The van der Waals surface area contributed by atoms with Crippen LogP contribution in [-0.2, 0) is 13.1 Å². The van der Waals surface area contributed by atoms with E-state index in [0.29, 0.717) is 12.2 Å². The van der Waals surface area contributed by atoms with Gasteiger partial charge in [0.25, 0.3) is 0 Å². The van der Waals surface area contributed by atoms with Gasteiger partial charge in [-0.25, -0.2) is 4.98 Å². The monoisotopic (exact) mass is 321 g/mol. The number of anilines is 1. The van der Waals surface area contributed by atoms with Crippen LogP contribution in [0.15, 0.2) is 42.5 Å². The number of benzene rings is 1. The van der Waals surface area contributed by atoms with Crippen molar-refractivity contribution in [3.8, 4) is 6.07 Å². The van der Waals surface area contributed by atoms with Crippen molar-refractivity contribution < 1.29 is 0 Å². The minimum absolute atomic E-state index is 0.433. The number of nitrogens with zero attached hydrogens (tertiary/aromatic N) is 4. The lowest BCUT2D eigenvalue weighted by atomic mass is 10.1. The van der Waals surface area contributed by atoms with Crippen molar-refractivity contribution in [3.05, 3.63) is 59.3 Å². The summed E-state index contributed by atoms with van der Waals surface area (Å²) in [6.07, 6.45) is 0. The van der Waals surface area contributed by atoms with Gasteiger partial charge in [-0.2, -0.15) is 5.26 Å². The van der Waals surface area contributed by atoms with Crippen LogP contribution in [0, 0.1) is 11.3 Å². The molecule has 124 valence electrons. The summed E-state index contributed by atoms with van der Waals surface area (Å²) in [5.74, 6) is 0.732. The molecule has 1 aliphatic heterocycles. The summed E-state index contributed by atoms with van der Waals surface area (Å²) in [5.41, 5.74) is 3.00. The summed E-state index contributed by atoms with van der Waals surface area (Å²) >= 11 is 0. The molecule has 0 aliphatic carbocycles. The van der Waals surface area contributed by atoms with Gasteiger partial charge in [-0.15, -0.1) is 0 Å². The van der Waals surface area contributed by atoms with Gasteiger partial charge in [0.1, 0.15) is 17.6 Å². The first-order valence-corrected chi connectivity index (χ1v) is 8.33. The second kappa shape index (κ2) is 7.91. The molecule has 24 heavy (non-hydrogen) atoms. The number of nitrogens with one attached hydrogen (secondary N) is 1. The molecule has 1 N–H and O–H groups in total. The lowest BCUT2D eigenvalue weighted by Gasteiger charge is -2.32. The van der Waals surface area contributed by atoms with Crippen molar-refractivity contribution in [2.75, 3.05) is 38.5 Å². The summed E-state index contributed by atoms with van der Waals surface area (Å²) in [7, 11) is 2.18. The zero-order valence-electron chi connectivity index (χ0n) is 14.1. The Kier molecular flexibility index (Phi) is 5.42. The fourth-order valence-corrected chi connectivity index (χ4v) is 2.81. The molecule has 0 atom stereocenters. The van der Waals surface area contributed by atoms with Gasteiger partial charge in [0.2, 0.25) is 0 Å². The van der Waals surface area contributed by atoms with Crippen molar-refractivity contribution in [1.29, 1.82) is 5.26 Å². The first-order valence-electron chi connectivity index (χ1n) is 8.33. The molecule has 0 radical (unpaired) electrons. The van der Waals surface area contributed by atoms with Crippen molar-refractivity contribution in [3.63, 3.8) is 0 Å². The number of piperazine rings is 1. The van der Waals surface area contributed by atoms with Gasteiger partial charge < -0.3 is 10.2 Å². The summed E-state index contributed by atoms with van der Waals surface area (Å²) in [4.78, 5) is 9.10. The van der Waals surface area contributed by atoms with Crippen LogP contribution in [0.25, 0.3) is 0 Å². The number of hydrogen-bond donors (Lipinski definition) is 1. The molecule has 5 heteroatoms. The van der Waals surface area contributed by atoms with E-state index >= 15 is 0 Å². The molecule has 1 aromatic heterocycles. The van der Waals surface area contributed by atoms with Gasteiger partial charge in [0.15, 0.2) is 0 Å². The van der Waals surface area contributed by atoms with Crippen LogP contribution in [0.5, 0.6) is 0 Å². The second-order valence-electron chi connectivity index (χ2n) is 6.27. The molecule has 2 heterocycles. The Balaban J connectivity index is 1.52. The molecule has 1 saturated heterocycles. The first-order chi connectivity index (χ1) is 11.7. The minimum atomic E-state index is 0.433. The van der Waals surface area contributed by atoms with Crippen molar-refractivity contribution in [1.82, 2.24) is 14.8 Å². The van der Waals surface area contributed by atoms with E-state index in [1.165, 1.54) is 11.1 Å². The first kappa shape index (κ1) is 16.4. The Morgan fingerprint density at radius 1 is 1.04 bits per heavy atom. The SMILES string of the molecule is CN1CCN(Cc2ccc(CNc3cccc(C#N)n3)cc2)CC1. The molecular weight excluding hydrogens is 298 g/mol. The lowest BCUT2D eigenvalue weighted by molar-refractivity contribution is 0.148. The molecule has 3 rings (SSSR count). The van der Waals surface area contributed by atoms with Crippen LogP contribution in [-0.4, -0.2) is 48.0 Å². The fourth-order valence-electron chi connectivity index (χ4n) is 2.81. The Morgan fingerprint density at radius 3 is 2.46 bits per heavy atom. The standard InChI is InChI=1S/C19H23N5/c1-23-9-11-24(12-10-23)15-17-7-5-16(6-8-17)14-21-19-4-2-3-18(13-20)22-19/h2-8H,9-12,14-15H2,1H3,(H,21,22). The summed E-state index contributed by atoms with van der Waals surface area (Å²) in [6.45, 7) is 6.30. The number of hydrogen-bond acceptors (Lipinski definition) is 5. The van der Waals surface area contributed by atoms with Crippen LogP contribution in [0.1, 0.15) is 16.8 Å². The third-order valence-corrected chi connectivity index (χ3v) is 4.36. The summed E-state index contributed by atoms with van der Waals surface area (Å²) < 4.78 is 0. The third kappa shape index (κ3) is 4.54. The smallest absolute Gasteiger partial charge is 0.142 e. The van der Waals surface area contributed by atoms with Gasteiger partial charge in [0, 0.05) is 39.3 Å². The van der Waals surface area contributed by atoms with Crippen LogP contribution >= 0.6 is 0 Å². The van der Waals surface area contributed by atoms with E-state index in [1.807, 2.05) is 12.1 Å². The van der Waals surface area contributed by atoms with Crippen molar-refractivity contribution >= 4 is 5.82 Å². The number of likely N-dealkylation sites (N-methyl/N-ethyl adjacent to an activating group) is 1. The zero-order valence-corrected chi connectivity index (χ0v) is 14.1. The maximum Gasteiger partial charge on any atom is 0.142 e. The minimum Gasteiger partial charge on any atom is -0.366 e. The molecule has 2 aromatic rings. The molecule has 0 spiro atoms. The van der Waals surface area contributed by atoms with Crippen LogP contribution in [0.3, 0.4) is 0 Å². The Bertz CT molecular complexity index is 696. The van der Waals surface area contributed by atoms with Gasteiger partial charge in [0.05, 0.1) is 0 Å². The molecule has 0 amide bonds. The molecule has 1 fully saturated rings. The molecule has 0 saturated carbocycles.